The molecule has 0 bridgehead atoms. The third-order valence-corrected chi connectivity index (χ3v) is 3.85. The first kappa shape index (κ1) is 13.9. The van der Waals surface area contributed by atoms with Crippen molar-refractivity contribution in [3.63, 3.8) is 0 Å². The van der Waals surface area contributed by atoms with E-state index in [1.807, 2.05) is 31.2 Å². The molecule has 4 nitrogen and oxygen atoms in total. The van der Waals surface area contributed by atoms with Crippen LogP contribution in [0.1, 0.15) is 31.7 Å². The minimum Gasteiger partial charge on any atom is -0.494 e. The molecule has 1 amide bonds. The van der Waals surface area contributed by atoms with E-state index in [2.05, 4.69) is 5.32 Å². The molecule has 0 atom stereocenters. The lowest BCUT2D eigenvalue weighted by Gasteiger charge is -2.39. The Labute approximate surface area is 114 Å². The van der Waals surface area contributed by atoms with Crippen molar-refractivity contribution in [2.24, 2.45) is 11.1 Å². The molecule has 1 aromatic rings. The van der Waals surface area contributed by atoms with E-state index in [-0.39, 0.29) is 11.3 Å². The van der Waals surface area contributed by atoms with Crippen molar-refractivity contribution in [1.82, 2.24) is 5.32 Å². The lowest BCUT2D eigenvalue weighted by molar-refractivity contribution is -0.135. The van der Waals surface area contributed by atoms with Gasteiger partial charge in [-0.2, -0.15) is 0 Å². The van der Waals surface area contributed by atoms with Crippen LogP contribution in [0.15, 0.2) is 24.3 Å². The highest BCUT2D eigenvalue weighted by Gasteiger charge is 2.42. The van der Waals surface area contributed by atoms with Crippen LogP contribution >= 0.6 is 0 Å². The van der Waals surface area contributed by atoms with Gasteiger partial charge in [0.15, 0.2) is 0 Å². The zero-order chi connectivity index (χ0) is 13.7. The Bertz CT molecular complexity index is 436. The molecule has 1 fully saturated rings. The van der Waals surface area contributed by atoms with E-state index in [4.69, 9.17) is 10.5 Å². The third kappa shape index (κ3) is 3.07. The van der Waals surface area contributed by atoms with Crippen molar-refractivity contribution >= 4 is 5.91 Å². The number of benzene rings is 1. The van der Waals surface area contributed by atoms with Crippen molar-refractivity contribution in [3.05, 3.63) is 29.8 Å². The van der Waals surface area contributed by atoms with Crippen LogP contribution in [0.3, 0.4) is 0 Å². The third-order valence-electron chi connectivity index (χ3n) is 3.85. The molecule has 0 aromatic heterocycles. The van der Waals surface area contributed by atoms with Gasteiger partial charge < -0.3 is 15.8 Å². The van der Waals surface area contributed by atoms with Crippen LogP contribution in [0.2, 0.25) is 0 Å². The average molecular weight is 262 g/mol. The molecule has 0 aliphatic heterocycles. The smallest absolute Gasteiger partial charge is 0.227 e. The Kier molecular flexibility index (Phi) is 4.43. The number of amides is 1. The molecular weight excluding hydrogens is 240 g/mol. The highest BCUT2D eigenvalue weighted by Crippen LogP contribution is 2.40. The number of hydrogen-bond donors (Lipinski definition) is 2. The quantitative estimate of drug-likeness (QED) is 0.822. The number of carbonyl (C=O) groups is 1. The van der Waals surface area contributed by atoms with Crippen LogP contribution < -0.4 is 15.8 Å². The van der Waals surface area contributed by atoms with Gasteiger partial charge in [-0.05, 0) is 37.5 Å². The number of hydrogen-bond acceptors (Lipinski definition) is 3. The maximum absolute atomic E-state index is 12.1. The number of carbonyl (C=O) groups excluding carboxylic acids is 1. The number of ether oxygens (including phenoxy) is 1. The van der Waals surface area contributed by atoms with Crippen molar-refractivity contribution in [3.8, 4) is 5.75 Å². The molecule has 1 aromatic carbocycles. The summed E-state index contributed by atoms with van der Waals surface area (Å²) in [6.07, 6.45) is 2.92. The summed E-state index contributed by atoms with van der Waals surface area (Å²) in [7, 11) is 0. The van der Waals surface area contributed by atoms with Gasteiger partial charge >= 0.3 is 0 Å². The van der Waals surface area contributed by atoms with Gasteiger partial charge in [-0.25, -0.2) is 0 Å². The minimum absolute atomic E-state index is 0.0862. The summed E-state index contributed by atoms with van der Waals surface area (Å²) in [4.78, 5) is 12.1. The molecule has 4 heteroatoms. The van der Waals surface area contributed by atoms with Gasteiger partial charge in [-0.1, -0.05) is 18.6 Å². The molecule has 0 unspecified atom stereocenters. The van der Waals surface area contributed by atoms with Crippen molar-refractivity contribution in [2.45, 2.75) is 32.7 Å². The molecule has 0 spiro atoms. The predicted octanol–water partition coefficient (Wildman–Crippen LogP) is 1.83. The lowest BCUT2D eigenvalue weighted by Crippen LogP contribution is -2.50. The van der Waals surface area contributed by atoms with Crippen molar-refractivity contribution in [2.75, 3.05) is 13.2 Å². The van der Waals surface area contributed by atoms with E-state index >= 15 is 0 Å². The second-order valence-corrected chi connectivity index (χ2v) is 5.10. The molecule has 3 N–H and O–H groups in total. The second kappa shape index (κ2) is 6.06. The van der Waals surface area contributed by atoms with E-state index in [1.165, 1.54) is 0 Å². The van der Waals surface area contributed by atoms with Crippen LogP contribution in [-0.2, 0) is 11.3 Å². The molecule has 0 saturated heterocycles. The molecule has 19 heavy (non-hydrogen) atoms. The maximum atomic E-state index is 12.1. The molecular formula is C15H22N2O2. The fourth-order valence-electron chi connectivity index (χ4n) is 2.41. The standard InChI is InChI=1S/C15H22N2O2/c1-2-19-13-6-3-5-12(9-13)10-17-14(18)15(11-16)7-4-8-15/h3,5-6,9H,2,4,7-8,10-11,16H2,1H3,(H,17,18). The Hall–Kier alpha value is -1.55. The average Bonchev–Trinajstić information content (AvgIpc) is 2.37. The van der Waals surface area contributed by atoms with Crippen LogP contribution in [-0.4, -0.2) is 19.1 Å². The molecule has 0 heterocycles. The van der Waals surface area contributed by atoms with E-state index in [0.29, 0.717) is 19.7 Å². The normalized spacial score (nSPS) is 16.5. The van der Waals surface area contributed by atoms with Gasteiger partial charge in [-0.3, -0.25) is 4.79 Å². The monoisotopic (exact) mass is 262 g/mol. The van der Waals surface area contributed by atoms with E-state index in [0.717, 1.165) is 30.6 Å². The zero-order valence-electron chi connectivity index (χ0n) is 11.4. The highest BCUT2D eigenvalue weighted by molar-refractivity contribution is 5.83. The van der Waals surface area contributed by atoms with Crippen molar-refractivity contribution < 1.29 is 9.53 Å². The van der Waals surface area contributed by atoms with Gasteiger partial charge in [0.05, 0.1) is 12.0 Å². The van der Waals surface area contributed by atoms with Crippen LogP contribution in [0.25, 0.3) is 0 Å². The number of nitrogens with two attached hydrogens (primary N) is 1. The second-order valence-electron chi connectivity index (χ2n) is 5.10. The molecule has 2 rings (SSSR count). The topological polar surface area (TPSA) is 64.3 Å². The molecule has 1 aliphatic rings. The SMILES string of the molecule is CCOc1cccc(CNC(=O)C2(CN)CCC2)c1. The largest absolute Gasteiger partial charge is 0.494 e. The first-order chi connectivity index (χ1) is 9.20. The van der Waals surface area contributed by atoms with E-state index < -0.39 is 0 Å². The molecule has 1 aliphatic carbocycles. The van der Waals surface area contributed by atoms with Crippen molar-refractivity contribution in [1.29, 1.82) is 0 Å². The summed E-state index contributed by atoms with van der Waals surface area (Å²) >= 11 is 0. The summed E-state index contributed by atoms with van der Waals surface area (Å²) in [6.45, 7) is 3.57. The predicted molar refractivity (Wildman–Crippen MR) is 74.8 cm³/mol. The fourth-order valence-corrected chi connectivity index (χ4v) is 2.41. The highest BCUT2D eigenvalue weighted by atomic mass is 16.5. The zero-order valence-corrected chi connectivity index (χ0v) is 11.4. The summed E-state index contributed by atoms with van der Waals surface area (Å²) in [5.41, 5.74) is 6.46. The lowest BCUT2D eigenvalue weighted by atomic mass is 9.68. The number of nitrogens with one attached hydrogen (secondary N) is 1. The minimum atomic E-state index is -0.308. The Morgan fingerprint density at radius 2 is 2.26 bits per heavy atom. The number of rotatable bonds is 6. The van der Waals surface area contributed by atoms with Gasteiger partial charge in [0.1, 0.15) is 5.75 Å². The first-order valence-electron chi connectivity index (χ1n) is 6.90. The van der Waals surface area contributed by atoms with Gasteiger partial charge in [-0.15, -0.1) is 0 Å². The van der Waals surface area contributed by atoms with E-state index in [9.17, 15) is 4.79 Å². The summed E-state index contributed by atoms with van der Waals surface area (Å²) < 4.78 is 5.44. The molecule has 1 saturated carbocycles. The van der Waals surface area contributed by atoms with Crippen LogP contribution in [0, 0.1) is 5.41 Å². The van der Waals surface area contributed by atoms with Gasteiger partial charge in [0.2, 0.25) is 5.91 Å². The first-order valence-corrected chi connectivity index (χ1v) is 6.90. The van der Waals surface area contributed by atoms with Gasteiger partial charge in [0, 0.05) is 13.1 Å². The van der Waals surface area contributed by atoms with Crippen LogP contribution in [0.4, 0.5) is 0 Å². The Morgan fingerprint density at radius 1 is 1.47 bits per heavy atom. The Balaban J connectivity index is 1.91. The molecule has 0 radical (unpaired) electrons. The van der Waals surface area contributed by atoms with E-state index in [1.54, 1.807) is 0 Å². The Morgan fingerprint density at radius 3 is 2.84 bits per heavy atom. The van der Waals surface area contributed by atoms with Gasteiger partial charge in [0.25, 0.3) is 0 Å². The summed E-state index contributed by atoms with van der Waals surface area (Å²) in [5.74, 6) is 0.925. The fraction of sp³-hybridized carbons (Fsp3) is 0.533. The van der Waals surface area contributed by atoms with Crippen LogP contribution in [0.5, 0.6) is 5.75 Å². The molecule has 104 valence electrons. The summed E-state index contributed by atoms with van der Waals surface area (Å²) in [5, 5.41) is 2.99. The summed E-state index contributed by atoms with van der Waals surface area (Å²) in [6, 6.07) is 7.80. The maximum Gasteiger partial charge on any atom is 0.227 e.